The van der Waals surface area contributed by atoms with Crippen molar-refractivity contribution < 1.29 is 19.1 Å². The van der Waals surface area contributed by atoms with E-state index >= 15 is 0 Å². The fourth-order valence-corrected chi connectivity index (χ4v) is 3.14. The van der Waals surface area contributed by atoms with Gasteiger partial charge >= 0.3 is 0 Å². The predicted octanol–water partition coefficient (Wildman–Crippen LogP) is 2.87. The lowest BCUT2D eigenvalue weighted by molar-refractivity contribution is -0.130. The maximum absolute atomic E-state index is 12.4. The quantitative estimate of drug-likeness (QED) is 0.737. The van der Waals surface area contributed by atoms with Gasteiger partial charge in [-0.15, -0.1) is 0 Å². The van der Waals surface area contributed by atoms with E-state index in [1.165, 1.54) is 6.08 Å². The van der Waals surface area contributed by atoms with Crippen LogP contribution >= 0.6 is 11.6 Å². The molecule has 0 spiro atoms. The Morgan fingerprint density at radius 2 is 2.19 bits per heavy atom. The van der Waals surface area contributed by atoms with Crippen LogP contribution in [0.4, 0.5) is 0 Å². The van der Waals surface area contributed by atoms with E-state index < -0.39 is 0 Å². The van der Waals surface area contributed by atoms with E-state index in [1.807, 2.05) is 6.92 Å². The molecule has 26 heavy (non-hydrogen) atoms. The van der Waals surface area contributed by atoms with Gasteiger partial charge in [-0.1, -0.05) is 18.5 Å². The molecule has 142 valence electrons. The van der Waals surface area contributed by atoms with E-state index in [-0.39, 0.29) is 17.7 Å². The van der Waals surface area contributed by atoms with E-state index in [4.69, 9.17) is 26.8 Å². The van der Waals surface area contributed by atoms with Gasteiger partial charge in [0, 0.05) is 19.2 Å². The second-order valence-electron chi connectivity index (χ2n) is 6.24. The molecular weight excluding hydrogens is 356 g/mol. The first-order valence-corrected chi connectivity index (χ1v) is 9.10. The van der Waals surface area contributed by atoms with Gasteiger partial charge in [0.2, 0.25) is 11.8 Å². The fourth-order valence-electron chi connectivity index (χ4n) is 2.86. The molecule has 1 atom stereocenters. The van der Waals surface area contributed by atoms with Crippen LogP contribution in [0.2, 0.25) is 5.02 Å². The van der Waals surface area contributed by atoms with Crippen LogP contribution in [0, 0.1) is 5.92 Å². The number of likely N-dealkylation sites (tertiary alicyclic amines) is 1. The molecule has 1 aliphatic heterocycles. The van der Waals surface area contributed by atoms with Gasteiger partial charge in [0.1, 0.15) is 0 Å². The molecule has 7 heteroatoms. The second kappa shape index (κ2) is 9.48. The number of piperidine rings is 1. The summed E-state index contributed by atoms with van der Waals surface area (Å²) in [5.41, 5.74) is 6.09. The average Bonchev–Trinajstić information content (AvgIpc) is 2.64. The molecule has 2 N–H and O–H groups in total. The Hall–Kier alpha value is -2.21. The molecule has 1 aromatic rings. The minimum atomic E-state index is -0.356. The normalized spacial score (nSPS) is 17.3. The zero-order valence-corrected chi connectivity index (χ0v) is 15.9. The first-order valence-electron chi connectivity index (χ1n) is 8.72. The number of hydrogen-bond donors (Lipinski definition) is 1. The lowest BCUT2D eigenvalue weighted by Gasteiger charge is -2.30. The maximum Gasteiger partial charge on any atom is 0.246 e. The Morgan fingerprint density at radius 1 is 1.42 bits per heavy atom. The van der Waals surface area contributed by atoms with Crippen LogP contribution in [-0.4, -0.2) is 43.5 Å². The van der Waals surface area contributed by atoms with E-state index in [0.29, 0.717) is 36.2 Å². The molecule has 1 heterocycles. The minimum absolute atomic E-state index is 0.155. The summed E-state index contributed by atoms with van der Waals surface area (Å²) in [7, 11) is 1.54. The molecule has 1 saturated heterocycles. The molecule has 1 unspecified atom stereocenters. The van der Waals surface area contributed by atoms with E-state index in [9.17, 15) is 9.59 Å². The van der Waals surface area contributed by atoms with E-state index in [1.54, 1.807) is 30.2 Å². The van der Waals surface area contributed by atoms with Crippen molar-refractivity contribution in [1.29, 1.82) is 0 Å². The van der Waals surface area contributed by atoms with Gasteiger partial charge in [-0.3, -0.25) is 9.59 Å². The fraction of sp³-hybridized carbons (Fsp3) is 0.474. The van der Waals surface area contributed by atoms with Crippen molar-refractivity contribution in [2.75, 3.05) is 26.8 Å². The maximum atomic E-state index is 12.4. The van der Waals surface area contributed by atoms with Crippen molar-refractivity contribution in [3.05, 3.63) is 28.8 Å². The highest BCUT2D eigenvalue weighted by Gasteiger charge is 2.25. The van der Waals surface area contributed by atoms with Crippen LogP contribution in [0.15, 0.2) is 18.2 Å². The van der Waals surface area contributed by atoms with Crippen molar-refractivity contribution in [2.45, 2.75) is 26.2 Å². The monoisotopic (exact) mass is 380 g/mol. The van der Waals surface area contributed by atoms with E-state index in [0.717, 1.165) is 24.8 Å². The Bertz CT molecular complexity index is 690. The summed E-state index contributed by atoms with van der Waals surface area (Å²) in [4.78, 5) is 25.4. The Morgan fingerprint density at radius 3 is 2.85 bits per heavy atom. The summed E-state index contributed by atoms with van der Waals surface area (Å²) in [6, 6.07) is 3.49. The highest BCUT2D eigenvalue weighted by atomic mass is 35.5. The van der Waals surface area contributed by atoms with Crippen LogP contribution in [0.3, 0.4) is 0 Å². The van der Waals surface area contributed by atoms with E-state index in [2.05, 4.69) is 0 Å². The zero-order valence-electron chi connectivity index (χ0n) is 15.2. The minimum Gasteiger partial charge on any atom is -0.493 e. The number of nitrogens with two attached hydrogens (primary N) is 1. The lowest BCUT2D eigenvalue weighted by atomic mass is 9.97. The van der Waals surface area contributed by atoms with Crippen molar-refractivity contribution in [1.82, 2.24) is 4.90 Å². The number of primary amides is 1. The number of carbonyl (C=O) groups excluding carboxylic acids is 2. The Kier molecular flexibility index (Phi) is 7.33. The van der Waals surface area contributed by atoms with Gasteiger partial charge in [0.05, 0.1) is 24.7 Å². The summed E-state index contributed by atoms with van der Waals surface area (Å²) in [6.07, 6.45) is 5.51. The first kappa shape index (κ1) is 20.1. The van der Waals surface area contributed by atoms with Crippen LogP contribution < -0.4 is 15.2 Å². The molecule has 0 bridgehead atoms. The van der Waals surface area contributed by atoms with Crippen LogP contribution in [0.1, 0.15) is 31.7 Å². The van der Waals surface area contributed by atoms with Crippen LogP contribution in [0.5, 0.6) is 11.5 Å². The number of carbonyl (C=O) groups is 2. The third-order valence-corrected chi connectivity index (χ3v) is 4.54. The van der Waals surface area contributed by atoms with Gasteiger partial charge in [0.25, 0.3) is 0 Å². The van der Waals surface area contributed by atoms with Gasteiger partial charge in [0.15, 0.2) is 11.5 Å². The number of methoxy groups -OCH3 is 1. The van der Waals surface area contributed by atoms with Gasteiger partial charge < -0.3 is 20.1 Å². The summed E-state index contributed by atoms with van der Waals surface area (Å²) in [6.45, 7) is 3.54. The van der Waals surface area contributed by atoms with Crippen LogP contribution in [-0.2, 0) is 9.59 Å². The number of hydrogen-bond acceptors (Lipinski definition) is 4. The SMILES string of the molecule is CCCOc1c(Cl)cc(C=CC(=O)N2CCCC(C(N)=O)C2)cc1OC. The van der Waals surface area contributed by atoms with Crippen LogP contribution in [0.25, 0.3) is 6.08 Å². The number of benzene rings is 1. The highest BCUT2D eigenvalue weighted by Crippen LogP contribution is 2.36. The predicted molar refractivity (Wildman–Crippen MR) is 101 cm³/mol. The standard InChI is InChI=1S/C19H25ClN2O4/c1-3-9-26-18-15(20)10-13(11-16(18)25-2)6-7-17(23)22-8-4-5-14(12-22)19(21)24/h6-7,10-11,14H,3-5,8-9,12H2,1-2H3,(H2,21,24). The van der Waals surface area contributed by atoms with Crippen molar-refractivity contribution in [3.8, 4) is 11.5 Å². The Labute approximate surface area is 158 Å². The average molecular weight is 381 g/mol. The molecular formula is C19H25ClN2O4. The smallest absolute Gasteiger partial charge is 0.246 e. The summed E-state index contributed by atoms with van der Waals surface area (Å²) in [5, 5.41) is 0.427. The number of amides is 2. The second-order valence-corrected chi connectivity index (χ2v) is 6.65. The lowest BCUT2D eigenvalue weighted by Crippen LogP contribution is -2.43. The molecule has 1 aliphatic rings. The van der Waals surface area contributed by atoms with Gasteiger partial charge in [-0.25, -0.2) is 0 Å². The number of ether oxygens (including phenoxy) is 2. The Balaban J connectivity index is 2.10. The zero-order chi connectivity index (χ0) is 19.1. The molecule has 2 rings (SSSR count). The molecule has 0 aromatic heterocycles. The molecule has 0 radical (unpaired) electrons. The molecule has 1 aromatic carbocycles. The van der Waals surface area contributed by atoms with Crippen molar-refractivity contribution in [2.24, 2.45) is 11.7 Å². The molecule has 1 fully saturated rings. The topological polar surface area (TPSA) is 81.9 Å². The van der Waals surface area contributed by atoms with Gasteiger partial charge in [-0.05, 0) is 43.0 Å². The third-order valence-electron chi connectivity index (χ3n) is 4.26. The molecule has 6 nitrogen and oxygen atoms in total. The summed E-state index contributed by atoms with van der Waals surface area (Å²) in [5.74, 6) is 0.235. The summed E-state index contributed by atoms with van der Waals surface area (Å²) < 4.78 is 11.0. The number of halogens is 1. The molecule has 0 saturated carbocycles. The largest absolute Gasteiger partial charge is 0.493 e. The number of nitrogens with zero attached hydrogens (tertiary/aromatic N) is 1. The van der Waals surface area contributed by atoms with Crippen molar-refractivity contribution >= 4 is 29.5 Å². The first-order chi connectivity index (χ1) is 12.5. The summed E-state index contributed by atoms with van der Waals surface area (Å²) >= 11 is 6.28. The number of rotatable bonds is 7. The molecule has 0 aliphatic carbocycles. The highest BCUT2D eigenvalue weighted by molar-refractivity contribution is 6.32. The van der Waals surface area contributed by atoms with Gasteiger partial charge in [-0.2, -0.15) is 0 Å². The van der Waals surface area contributed by atoms with Crippen molar-refractivity contribution in [3.63, 3.8) is 0 Å². The molecule has 2 amide bonds. The third kappa shape index (κ3) is 5.14.